The summed E-state index contributed by atoms with van der Waals surface area (Å²) >= 11 is 5.77. The van der Waals surface area contributed by atoms with Crippen LogP contribution < -0.4 is 4.74 Å². The van der Waals surface area contributed by atoms with Gasteiger partial charge in [-0.1, -0.05) is 45.4 Å². The van der Waals surface area contributed by atoms with Gasteiger partial charge in [0.2, 0.25) is 0 Å². The van der Waals surface area contributed by atoms with Crippen LogP contribution in [0.1, 0.15) is 58.1 Å². The van der Waals surface area contributed by atoms with E-state index in [4.69, 9.17) is 16.3 Å². The first-order chi connectivity index (χ1) is 14.7. The molecule has 1 aliphatic carbocycles. The first-order valence-electron chi connectivity index (χ1n) is 10.8. The topological polar surface area (TPSA) is 59.4 Å². The number of benzene rings is 1. The second-order valence-electron chi connectivity index (χ2n) is 8.55. The smallest absolute Gasteiger partial charge is 0.255 e. The second kappa shape index (κ2) is 9.82. The average Bonchev–Trinajstić information content (AvgIpc) is 2.76. The minimum absolute atomic E-state index is 0.0754. The van der Waals surface area contributed by atoms with E-state index in [9.17, 15) is 14.3 Å². The van der Waals surface area contributed by atoms with Crippen molar-refractivity contribution in [2.75, 3.05) is 0 Å². The standard InChI is InChI=1S/C25H29ClFNO3/c1-5-17-8-9-19(31-25-21(27)11-18(26)13-28-25)12-20(17)23-22(29)10-14(2)6-7-15(3)16(4)24(23)30/h8-9,11-16,30H,5-7,10H2,1-4H3/b24-23+/t14-,15+,16?/m1/s1. The molecule has 1 heterocycles. The first-order valence-corrected chi connectivity index (χ1v) is 11.2. The van der Waals surface area contributed by atoms with E-state index < -0.39 is 5.82 Å². The predicted molar refractivity (Wildman–Crippen MR) is 121 cm³/mol. The second-order valence-corrected chi connectivity index (χ2v) is 8.99. The van der Waals surface area contributed by atoms with Crippen molar-refractivity contribution in [1.29, 1.82) is 0 Å². The van der Waals surface area contributed by atoms with Crippen LogP contribution in [0.25, 0.3) is 5.57 Å². The lowest BCUT2D eigenvalue weighted by Gasteiger charge is -2.21. The van der Waals surface area contributed by atoms with Crippen molar-refractivity contribution in [2.45, 2.75) is 53.4 Å². The van der Waals surface area contributed by atoms with Gasteiger partial charge in [0.05, 0.1) is 10.6 Å². The summed E-state index contributed by atoms with van der Waals surface area (Å²) in [5.74, 6) is -0.154. The average molecular weight is 446 g/mol. The summed E-state index contributed by atoms with van der Waals surface area (Å²) in [4.78, 5) is 17.2. The number of aromatic nitrogens is 1. The Morgan fingerprint density at radius 2 is 1.97 bits per heavy atom. The molecule has 0 radical (unpaired) electrons. The minimum atomic E-state index is -0.675. The lowest BCUT2D eigenvalue weighted by atomic mass is 9.85. The molecule has 1 unspecified atom stereocenters. The van der Waals surface area contributed by atoms with Gasteiger partial charge in [0.25, 0.3) is 5.88 Å². The van der Waals surface area contributed by atoms with Crippen LogP contribution in [-0.2, 0) is 11.2 Å². The SMILES string of the molecule is CCc1ccc(Oc2ncc(Cl)cc2F)cc1/C1=C(\O)C(C)[C@@H](C)CC[C@@H](C)CC1=O. The highest BCUT2D eigenvalue weighted by Gasteiger charge is 2.29. The van der Waals surface area contributed by atoms with E-state index in [0.717, 1.165) is 24.5 Å². The Balaban J connectivity index is 2.10. The van der Waals surface area contributed by atoms with Gasteiger partial charge < -0.3 is 9.84 Å². The molecule has 0 spiro atoms. The third kappa shape index (κ3) is 5.27. The summed E-state index contributed by atoms with van der Waals surface area (Å²) in [7, 11) is 0. The number of rotatable bonds is 4. The molecule has 0 saturated carbocycles. The van der Waals surface area contributed by atoms with Gasteiger partial charge in [-0.05, 0) is 60.4 Å². The van der Waals surface area contributed by atoms with E-state index >= 15 is 0 Å². The fourth-order valence-electron chi connectivity index (χ4n) is 4.00. The predicted octanol–water partition coefficient (Wildman–Crippen LogP) is 7.16. The van der Waals surface area contributed by atoms with Gasteiger partial charge in [0.1, 0.15) is 11.5 Å². The molecule has 1 N–H and O–H groups in total. The van der Waals surface area contributed by atoms with E-state index in [1.165, 1.54) is 6.20 Å². The zero-order valence-electron chi connectivity index (χ0n) is 18.4. The molecule has 3 rings (SSSR count). The molecule has 4 nitrogen and oxygen atoms in total. The maximum Gasteiger partial charge on any atom is 0.255 e. The lowest BCUT2D eigenvalue weighted by molar-refractivity contribution is -0.114. The quantitative estimate of drug-likeness (QED) is 0.542. The maximum absolute atomic E-state index is 14.2. The first kappa shape index (κ1) is 23.3. The Morgan fingerprint density at radius 3 is 2.65 bits per heavy atom. The number of aliphatic hydroxyl groups is 1. The van der Waals surface area contributed by atoms with E-state index in [1.54, 1.807) is 12.1 Å². The molecule has 1 aromatic heterocycles. The van der Waals surface area contributed by atoms with E-state index in [0.29, 0.717) is 29.7 Å². The number of hydrogen-bond donors (Lipinski definition) is 1. The number of hydrogen-bond acceptors (Lipinski definition) is 4. The molecule has 3 atom stereocenters. The lowest BCUT2D eigenvalue weighted by Crippen LogP contribution is -2.15. The van der Waals surface area contributed by atoms with Crippen LogP contribution in [0, 0.1) is 23.6 Å². The number of carbonyl (C=O) groups excluding carboxylic acids is 1. The Labute approximate surface area is 188 Å². The van der Waals surface area contributed by atoms with Crippen molar-refractivity contribution in [2.24, 2.45) is 17.8 Å². The van der Waals surface area contributed by atoms with Crippen molar-refractivity contribution in [3.63, 3.8) is 0 Å². The highest BCUT2D eigenvalue weighted by atomic mass is 35.5. The largest absolute Gasteiger partial charge is 0.511 e. The zero-order chi connectivity index (χ0) is 22.7. The number of aliphatic hydroxyl groups excluding tert-OH is 1. The highest BCUT2D eigenvalue weighted by Crippen LogP contribution is 2.37. The molecule has 31 heavy (non-hydrogen) atoms. The molecular formula is C25H29ClFNO3. The van der Waals surface area contributed by atoms with Gasteiger partial charge in [0, 0.05) is 18.5 Å². The Bertz CT molecular complexity index is 1000. The highest BCUT2D eigenvalue weighted by molar-refractivity contribution is 6.30. The van der Waals surface area contributed by atoms with Gasteiger partial charge in [0.15, 0.2) is 11.6 Å². The number of carbonyl (C=O) groups is 1. The summed E-state index contributed by atoms with van der Waals surface area (Å²) < 4.78 is 19.8. The number of aryl methyl sites for hydroxylation is 1. The van der Waals surface area contributed by atoms with E-state index in [2.05, 4.69) is 18.8 Å². The number of halogens is 2. The number of Topliss-reactive ketones (excluding diaryl/α,β-unsaturated/α-hetero) is 1. The molecule has 1 aromatic carbocycles. The van der Waals surface area contributed by atoms with Crippen LogP contribution in [0.4, 0.5) is 4.39 Å². The molecule has 0 saturated heterocycles. The molecular weight excluding hydrogens is 417 g/mol. The van der Waals surface area contributed by atoms with Crippen LogP contribution in [0.5, 0.6) is 11.6 Å². The number of ether oxygens (including phenoxy) is 1. The normalized spacial score (nSPS) is 25.0. The molecule has 0 amide bonds. The van der Waals surface area contributed by atoms with Gasteiger partial charge in [-0.25, -0.2) is 9.37 Å². The Hall–Kier alpha value is -2.40. The minimum Gasteiger partial charge on any atom is -0.511 e. The van der Waals surface area contributed by atoms with E-state index in [1.807, 2.05) is 19.9 Å². The van der Waals surface area contributed by atoms with Crippen molar-refractivity contribution in [3.8, 4) is 11.6 Å². The molecule has 0 bridgehead atoms. The van der Waals surface area contributed by atoms with Gasteiger partial charge >= 0.3 is 0 Å². The van der Waals surface area contributed by atoms with Crippen LogP contribution in [-0.4, -0.2) is 15.9 Å². The van der Waals surface area contributed by atoms with Gasteiger partial charge in [-0.3, -0.25) is 4.79 Å². The number of pyridine rings is 1. The molecule has 6 heteroatoms. The molecule has 166 valence electrons. The third-order valence-corrected chi connectivity index (χ3v) is 6.40. The fourth-order valence-corrected chi connectivity index (χ4v) is 4.14. The van der Waals surface area contributed by atoms with Crippen molar-refractivity contribution >= 4 is 23.0 Å². The molecule has 0 fully saturated rings. The zero-order valence-corrected chi connectivity index (χ0v) is 19.2. The van der Waals surface area contributed by atoms with Gasteiger partial charge in [-0.15, -0.1) is 0 Å². The van der Waals surface area contributed by atoms with Crippen LogP contribution in [0.2, 0.25) is 5.02 Å². The van der Waals surface area contributed by atoms with Crippen molar-refractivity contribution in [1.82, 2.24) is 4.98 Å². The van der Waals surface area contributed by atoms with Crippen molar-refractivity contribution in [3.05, 3.63) is 58.2 Å². The Morgan fingerprint density at radius 1 is 1.23 bits per heavy atom. The maximum atomic E-state index is 14.2. The summed E-state index contributed by atoms with van der Waals surface area (Å²) in [6.07, 6.45) is 4.26. The monoisotopic (exact) mass is 445 g/mol. The number of ketones is 1. The summed E-state index contributed by atoms with van der Waals surface area (Å²) in [5.41, 5.74) is 1.89. The third-order valence-electron chi connectivity index (χ3n) is 6.19. The number of nitrogens with zero attached hydrogens (tertiary/aromatic N) is 1. The summed E-state index contributed by atoms with van der Waals surface area (Å²) in [6, 6.07) is 6.38. The molecule has 2 aromatic rings. The van der Waals surface area contributed by atoms with Crippen molar-refractivity contribution < 1.29 is 19.0 Å². The van der Waals surface area contributed by atoms with Crippen LogP contribution in [0.15, 0.2) is 36.2 Å². The summed E-state index contributed by atoms with van der Waals surface area (Å²) in [5, 5.41) is 11.3. The van der Waals surface area contributed by atoms with Crippen LogP contribution >= 0.6 is 11.6 Å². The van der Waals surface area contributed by atoms with Gasteiger partial charge in [-0.2, -0.15) is 0 Å². The molecule has 1 aliphatic rings. The Kier molecular flexibility index (Phi) is 7.37. The van der Waals surface area contributed by atoms with Crippen LogP contribution in [0.3, 0.4) is 0 Å². The molecule has 0 aliphatic heterocycles. The van der Waals surface area contributed by atoms with E-state index in [-0.39, 0.29) is 40.2 Å². The number of allylic oxidation sites excluding steroid dienone is 2. The fraction of sp³-hybridized carbons (Fsp3) is 0.440. The summed E-state index contributed by atoms with van der Waals surface area (Å²) in [6.45, 7) is 8.13.